The van der Waals surface area contributed by atoms with E-state index < -0.39 is 11.7 Å². The highest BCUT2D eigenvalue weighted by Crippen LogP contribution is 2.35. The minimum absolute atomic E-state index is 0.388. The summed E-state index contributed by atoms with van der Waals surface area (Å²) in [6.07, 6.45) is -2.60. The van der Waals surface area contributed by atoms with E-state index in [0.29, 0.717) is 18.2 Å². The Bertz CT molecular complexity index is 443. The molecule has 2 N–H and O–H groups in total. The maximum Gasteiger partial charge on any atom is 0.416 e. The first kappa shape index (κ1) is 14.2. The van der Waals surface area contributed by atoms with Crippen molar-refractivity contribution in [3.63, 3.8) is 0 Å². The number of hydrogen-bond acceptors (Lipinski definition) is 2. The minimum atomic E-state index is -4.28. The van der Waals surface area contributed by atoms with Gasteiger partial charge in [-0.3, -0.25) is 0 Å². The third kappa shape index (κ3) is 3.03. The largest absolute Gasteiger partial charge is 0.416 e. The van der Waals surface area contributed by atoms with Crippen molar-refractivity contribution in [1.82, 2.24) is 0 Å². The summed E-state index contributed by atoms with van der Waals surface area (Å²) < 4.78 is 38.4. The smallest absolute Gasteiger partial charge is 0.371 e. The lowest BCUT2D eigenvalue weighted by Crippen LogP contribution is -2.24. The lowest BCUT2D eigenvalue weighted by molar-refractivity contribution is -0.137. The second kappa shape index (κ2) is 5.41. The van der Waals surface area contributed by atoms with Crippen LogP contribution in [0.25, 0.3) is 0 Å². The number of anilines is 1. The molecule has 0 radical (unpaired) electrons. The van der Waals surface area contributed by atoms with Gasteiger partial charge in [-0.15, -0.1) is 0 Å². The average molecular weight is 272 g/mol. The van der Waals surface area contributed by atoms with Gasteiger partial charge in [-0.1, -0.05) is 13.0 Å². The lowest BCUT2D eigenvalue weighted by Gasteiger charge is -2.23. The molecular weight excluding hydrogens is 253 g/mol. The molecule has 5 heteroatoms. The van der Waals surface area contributed by atoms with Crippen LogP contribution in [0, 0.1) is 5.92 Å². The molecule has 2 rings (SSSR count). The van der Waals surface area contributed by atoms with Crippen LogP contribution in [0.1, 0.15) is 24.5 Å². The van der Waals surface area contributed by atoms with Crippen molar-refractivity contribution in [3.05, 3.63) is 29.3 Å². The molecule has 1 aliphatic rings. The quantitative estimate of drug-likeness (QED) is 0.916. The zero-order valence-corrected chi connectivity index (χ0v) is 11.0. The summed E-state index contributed by atoms with van der Waals surface area (Å²) in [5.41, 5.74) is 6.74. The van der Waals surface area contributed by atoms with Gasteiger partial charge in [0.15, 0.2) is 0 Å². The van der Waals surface area contributed by atoms with E-state index in [1.54, 1.807) is 6.07 Å². The summed E-state index contributed by atoms with van der Waals surface area (Å²) in [7, 11) is 0. The molecule has 1 fully saturated rings. The fourth-order valence-corrected chi connectivity index (χ4v) is 2.58. The molecule has 2 nitrogen and oxygen atoms in total. The Morgan fingerprint density at radius 1 is 1.37 bits per heavy atom. The number of nitrogens with zero attached hydrogens (tertiary/aromatic N) is 1. The zero-order chi connectivity index (χ0) is 14.0. The number of nitrogens with two attached hydrogens (primary N) is 1. The van der Waals surface area contributed by atoms with Gasteiger partial charge in [0, 0.05) is 18.8 Å². The predicted molar refractivity (Wildman–Crippen MR) is 70.2 cm³/mol. The normalized spacial score (nSPS) is 20.1. The maximum atomic E-state index is 12.8. The standard InChI is InChI=1S/C14H19F3N2/c1-2-11-3-4-12(14(15,16)17)7-13(11)19-6-5-10(8-18)9-19/h3-4,7,10H,2,5-6,8-9,18H2,1H3. The van der Waals surface area contributed by atoms with E-state index in [-0.39, 0.29) is 0 Å². The molecule has 1 unspecified atom stereocenters. The van der Waals surface area contributed by atoms with E-state index in [4.69, 9.17) is 5.73 Å². The third-order valence-corrected chi connectivity index (χ3v) is 3.75. The predicted octanol–water partition coefficient (Wildman–Crippen LogP) is 3.05. The SMILES string of the molecule is CCc1ccc(C(F)(F)F)cc1N1CCC(CN)C1. The summed E-state index contributed by atoms with van der Waals surface area (Å²) in [6.45, 7) is 4.10. The van der Waals surface area contributed by atoms with Crippen LogP contribution in [-0.2, 0) is 12.6 Å². The average Bonchev–Trinajstić information content (AvgIpc) is 2.85. The Hall–Kier alpha value is -1.23. The molecule has 1 saturated heterocycles. The minimum Gasteiger partial charge on any atom is -0.371 e. The van der Waals surface area contributed by atoms with Crippen molar-refractivity contribution < 1.29 is 13.2 Å². The number of halogens is 3. The molecular formula is C14H19F3N2. The van der Waals surface area contributed by atoms with Crippen LogP contribution in [0.3, 0.4) is 0 Å². The fourth-order valence-electron chi connectivity index (χ4n) is 2.58. The number of benzene rings is 1. The van der Waals surface area contributed by atoms with Gasteiger partial charge >= 0.3 is 6.18 Å². The van der Waals surface area contributed by atoms with Crippen molar-refractivity contribution >= 4 is 5.69 Å². The molecule has 0 aliphatic carbocycles. The van der Waals surface area contributed by atoms with Crippen LogP contribution >= 0.6 is 0 Å². The summed E-state index contributed by atoms with van der Waals surface area (Å²) in [5.74, 6) is 0.388. The van der Waals surface area contributed by atoms with E-state index in [0.717, 1.165) is 31.5 Å². The summed E-state index contributed by atoms with van der Waals surface area (Å²) in [6, 6.07) is 4.03. The van der Waals surface area contributed by atoms with Crippen LogP contribution in [-0.4, -0.2) is 19.6 Å². The first-order valence-corrected chi connectivity index (χ1v) is 6.60. The molecule has 1 atom stereocenters. The molecule has 0 bridgehead atoms. The Balaban J connectivity index is 2.32. The van der Waals surface area contributed by atoms with Crippen molar-refractivity contribution in [1.29, 1.82) is 0 Å². The van der Waals surface area contributed by atoms with E-state index in [1.165, 1.54) is 12.1 Å². The number of alkyl halides is 3. The first-order chi connectivity index (χ1) is 8.95. The van der Waals surface area contributed by atoms with Gasteiger partial charge in [0.25, 0.3) is 0 Å². The van der Waals surface area contributed by atoms with Gasteiger partial charge in [-0.2, -0.15) is 13.2 Å². The Morgan fingerprint density at radius 2 is 2.11 bits per heavy atom. The topological polar surface area (TPSA) is 29.3 Å². The molecule has 1 aliphatic heterocycles. The molecule has 1 aromatic rings. The van der Waals surface area contributed by atoms with Crippen molar-refractivity contribution in [3.8, 4) is 0 Å². The number of rotatable bonds is 3. The highest BCUT2D eigenvalue weighted by atomic mass is 19.4. The Morgan fingerprint density at radius 3 is 2.63 bits per heavy atom. The summed E-state index contributed by atoms with van der Waals surface area (Å²) in [4.78, 5) is 2.03. The molecule has 1 heterocycles. The van der Waals surface area contributed by atoms with E-state index >= 15 is 0 Å². The fraction of sp³-hybridized carbons (Fsp3) is 0.571. The van der Waals surface area contributed by atoms with E-state index in [1.807, 2.05) is 11.8 Å². The third-order valence-electron chi connectivity index (χ3n) is 3.75. The van der Waals surface area contributed by atoms with Gasteiger partial charge in [0.2, 0.25) is 0 Å². The monoisotopic (exact) mass is 272 g/mol. The van der Waals surface area contributed by atoms with Crippen LogP contribution in [0.4, 0.5) is 18.9 Å². The van der Waals surface area contributed by atoms with Crippen LogP contribution in [0.2, 0.25) is 0 Å². The van der Waals surface area contributed by atoms with Crippen LogP contribution in [0.5, 0.6) is 0 Å². The van der Waals surface area contributed by atoms with E-state index in [2.05, 4.69) is 0 Å². The highest BCUT2D eigenvalue weighted by Gasteiger charge is 2.32. The van der Waals surface area contributed by atoms with Crippen LogP contribution < -0.4 is 10.6 Å². The Labute approximate surface area is 111 Å². The first-order valence-electron chi connectivity index (χ1n) is 6.60. The van der Waals surface area contributed by atoms with Crippen LogP contribution in [0.15, 0.2) is 18.2 Å². The van der Waals surface area contributed by atoms with Crippen molar-refractivity contribution in [2.45, 2.75) is 25.9 Å². The van der Waals surface area contributed by atoms with Crippen molar-refractivity contribution in [2.24, 2.45) is 11.7 Å². The second-order valence-electron chi connectivity index (χ2n) is 5.03. The molecule has 1 aromatic carbocycles. The highest BCUT2D eigenvalue weighted by molar-refractivity contribution is 5.57. The maximum absolute atomic E-state index is 12.8. The number of aryl methyl sites for hydroxylation is 1. The summed E-state index contributed by atoms with van der Waals surface area (Å²) in [5, 5.41) is 0. The van der Waals surface area contributed by atoms with Gasteiger partial charge in [-0.05, 0) is 43.0 Å². The molecule has 19 heavy (non-hydrogen) atoms. The lowest BCUT2D eigenvalue weighted by atomic mass is 10.1. The summed E-state index contributed by atoms with van der Waals surface area (Å²) >= 11 is 0. The molecule has 0 aromatic heterocycles. The molecule has 0 spiro atoms. The molecule has 0 amide bonds. The number of hydrogen-bond donors (Lipinski definition) is 1. The Kier molecular flexibility index (Phi) is 4.04. The van der Waals surface area contributed by atoms with E-state index in [9.17, 15) is 13.2 Å². The van der Waals surface area contributed by atoms with Gasteiger partial charge in [0.1, 0.15) is 0 Å². The zero-order valence-electron chi connectivity index (χ0n) is 11.0. The van der Waals surface area contributed by atoms with Gasteiger partial charge in [0.05, 0.1) is 5.56 Å². The molecule has 106 valence electrons. The van der Waals surface area contributed by atoms with Crippen molar-refractivity contribution in [2.75, 3.05) is 24.5 Å². The second-order valence-corrected chi connectivity index (χ2v) is 5.03. The molecule has 0 saturated carbocycles. The van der Waals surface area contributed by atoms with Gasteiger partial charge in [-0.25, -0.2) is 0 Å². The van der Waals surface area contributed by atoms with Gasteiger partial charge < -0.3 is 10.6 Å².